The predicted molar refractivity (Wildman–Crippen MR) is 90.2 cm³/mol. The van der Waals surface area contributed by atoms with Crippen molar-refractivity contribution in [3.63, 3.8) is 0 Å². The molecule has 0 aromatic carbocycles. The molecule has 1 N–H and O–H groups in total. The van der Waals surface area contributed by atoms with Gasteiger partial charge in [-0.1, -0.05) is 27.7 Å². The van der Waals surface area contributed by atoms with E-state index in [1.54, 1.807) is 13.1 Å². The van der Waals surface area contributed by atoms with Gasteiger partial charge in [0, 0.05) is 30.6 Å². The lowest BCUT2D eigenvalue weighted by molar-refractivity contribution is 0.337. The van der Waals surface area contributed by atoms with Crippen LogP contribution in [0, 0.1) is 5.92 Å². The first-order chi connectivity index (χ1) is 9.66. The fraction of sp³-hybridized carbons (Fsp3) is 0.733. The van der Waals surface area contributed by atoms with Crippen molar-refractivity contribution in [2.45, 2.75) is 64.6 Å². The molecule has 6 heteroatoms. The molecule has 0 spiro atoms. The first-order valence-corrected chi connectivity index (χ1v) is 9.76. The molecule has 1 heterocycles. The van der Waals surface area contributed by atoms with Crippen LogP contribution in [0.15, 0.2) is 16.3 Å². The third kappa shape index (κ3) is 5.06. The highest BCUT2D eigenvalue weighted by Gasteiger charge is 2.28. The maximum Gasteiger partial charge on any atom is 0.244 e. The fourth-order valence-corrected chi connectivity index (χ4v) is 4.94. The van der Waals surface area contributed by atoms with E-state index >= 15 is 0 Å². The number of rotatable bonds is 8. The summed E-state index contributed by atoms with van der Waals surface area (Å²) in [5.74, 6) is 0.474. The first kappa shape index (κ1) is 18.6. The Balaban J connectivity index is 2.95. The Morgan fingerprint density at radius 2 is 1.86 bits per heavy atom. The summed E-state index contributed by atoms with van der Waals surface area (Å²) in [7, 11) is -1.74. The Morgan fingerprint density at radius 3 is 2.38 bits per heavy atom. The van der Waals surface area contributed by atoms with Crippen LogP contribution in [-0.2, 0) is 16.6 Å². The van der Waals surface area contributed by atoms with Gasteiger partial charge in [0.15, 0.2) is 0 Å². The van der Waals surface area contributed by atoms with E-state index in [-0.39, 0.29) is 6.04 Å². The van der Waals surface area contributed by atoms with E-state index in [9.17, 15) is 8.42 Å². The minimum absolute atomic E-state index is 0.000748. The molecule has 1 unspecified atom stereocenters. The second-order valence-corrected chi connectivity index (χ2v) is 9.21. The van der Waals surface area contributed by atoms with Crippen LogP contribution in [0.1, 0.15) is 45.9 Å². The maximum absolute atomic E-state index is 12.8. The van der Waals surface area contributed by atoms with E-state index in [4.69, 9.17) is 0 Å². The quantitative estimate of drug-likeness (QED) is 0.794. The number of thiophene rings is 1. The molecule has 0 saturated heterocycles. The van der Waals surface area contributed by atoms with Gasteiger partial charge in [-0.2, -0.15) is 4.31 Å². The minimum atomic E-state index is -3.42. The predicted octanol–water partition coefficient (Wildman–Crippen LogP) is 3.30. The number of hydrogen-bond donors (Lipinski definition) is 1. The standard InChI is InChI=1S/C15H28N2O2S2/c1-11(2)9-13(5)17(6)21(18,19)15-7-8-20-14(15)10-16-12(3)4/h7-8,11-13,16H,9-10H2,1-6H3. The second kappa shape index (κ2) is 7.72. The van der Waals surface area contributed by atoms with Gasteiger partial charge < -0.3 is 5.32 Å². The minimum Gasteiger partial charge on any atom is -0.310 e. The highest BCUT2D eigenvalue weighted by Crippen LogP contribution is 2.26. The molecule has 0 bridgehead atoms. The van der Waals surface area contributed by atoms with E-state index in [1.807, 2.05) is 12.3 Å². The average Bonchev–Trinajstić information content (AvgIpc) is 2.83. The van der Waals surface area contributed by atoms with E-state index in [1.165, 1.54) is 15.6 Å². The van der Waals surface area contributed by atoms with Crippen molar-refractivity contribution in [3.05, 3.63) is 16.3 Å². The average molecular weight is 333 g/mol. The van der Waals surface area contributed by atoms with Crippen molar-refractivity contribution < 1.29 is 8.42 Å². The van der Waals surface area contributed by atoms with Gasteiger partial charge in [-0.3, -0.25) is 0 Å². The van der Waals surface area contributed by atoms with Crippen LogP contribution in [0.25, 0.3) is 0 Å². The van der Waals surface area contributed by atoms with Crippen LogP contribution in [0.3, 0.4) is 0 Å². The van der Waals surface area contributed by atoms with Gasteiger partial charge in [0.1, 0.15) is 0 Å². The molecule has 0 aliphatic heterocycles. The summed E-state index contributed by atoms with van der Waals surface area (Å²) in [6.07, 6.45) is 0.861. The third-order valence-corrected chi connectivity index (χ3v) is 6.57. The number of nitrogens with one attached hydrogen (secondary N) is 1. The summed E-state index contributed by atoms with van der Waals surface area (Å²) in [4.78, 5) is 1.33. The molecule has 21 heavy (non-hydrogen) atoms. The molecular weight excluding hydrogens is 304 g/mol. The summed E-state index contributed by atoms with van der Waals surface area (Å²) in [6, 6.07) is 2.05. The lowest BCUT2D eigenvalue weighted by Crippen LogP contribution is -2.36. The van der Waals surface area contributed by atoms with Crippen molar-refractivity contribution in [2.75, 3.05) is 7.05 Å². The summed E-state index contributed by atoms with van der Waals surface area (Å²) in [5, 5.41) is 5.14. The lowest BCUT2D eigenvalue weighted by Gasteiger charge is -2.25. The molecule has 0 aliphatic carbocycles. The topological polar surface area (TPSA) is 49.4 Å². The monoisotopic (exact) mass is 332 g/mol. The molecule has 1 atom stereocenters. The molecule has 0 fully saturated rings. The summed E-state index contributed by atoms with van der Waals surface area (Å²) < 4.78 is 27.1. The van der Waals surface area contributed by atoms with Crippen LogP contribution < -0.4 is 5.32 Å². The van der Waals surface area contributed by atoms with Crippen molar-refractivity contribution in [1.29, 1.82) is 0 Å². The molecule has 0 aliphatic rings. The normalized spacial score (nSPS) is 14.3. The zero-order valence-electron chi connectivity index (χ0n) is 13.9. The Bertz CT molecular complexity index is 536. The van der Waals surface area contributed by atoms with Gasteiger partial charge >= 0.3 is 0 Å². The van der Waals surface area contributed by atoms with Gasteiger partial charge in [-0.05, 0) is 30.7 Å². The van der Waals surface area contributed by atoms with Crippen LogP contribution in [0.4, 0.5) is 0 Å². The molecular formula is C15H28N2O2S2. The highest BCUT2D eigenvalue weighted by molar-refractivity contribution is 7.89. The van der Waals surface area contributed by atoms with E-state index in [0.29, 0.717) is 23.4 Å². The SMILES string of the molecule is CC(C)CC(C)N(C)S(=O)(=O)c1ccsc1CNC(C)C. The van der Waals surface area contributed by atoms with Crippen molar-refractivity contribution in [1.82, 2.24) is 9.62 Å². The zero-order chi connectivity index (χ0) is 16.2. The molecule has 0 radical (unpaired) electrons. The molecule has 4 nitrogen and oxygen atoms in total. The smallest absolute Gasteiger partial charge is 0.244 e. The third-order valence-electron chi connectivity index (χ3n) is 3.47. The van der Waals surface area contributed by atoms with Crippen molar-refractivity contribution in [3.8, 4) is 0 Å². The van der Waals surface area contributed by atoms with Gasteiger partial charge in [-0.25, -0.2) is 8.42 Å². The Labute approximate surface area is 133 Å². The Hall–Kier alpha value is -0.430. The molecule has 0 saturated carbocycles. The lowest BCUT2D eigenvalue weighted by atomic mass is 10.1. The molecule has 1 rings (SSSR count). The molecule has 122 valence electrons. The largest absolute Gasteiger partial charge is 0.310 e. The number of nitrogens with zero attached hydrogens (tertiary/aromatic N) is 1. The summed E-state index contributed by atoms with van der Waals surface area (Å²) in [5.41, 5.74) is 0. The highest BCUT2D eigenvalue weighted by atomic mass is 32.2. The van der Waals surface area contributed by atoms with Gasteiger partial charge in [-0.15, -0.1) is 11.3 Å². The molecule has 1 aromatic heterocycles. The fourth-order valence-electron chi connectivity index (χ4n) is 2.21. The van der Waals surface area contributed by atoms with Gasteiger partial charge in [0.05, 0.1) is 4.90 Å². The summed E-state index contributed by atoms with van der Waals surface area (Å²) >= 11 is 1.49. The Morgan fingerprint density at radius 1 is 1.24 bits per heavy atom. The Kier molecular flexibility index (Phi) is 6.84. The van der Waals surface area contributed by atoms with Gasteiger partial charge in [0.25, 0.3) is 0 Å². The van der Waals surface area contributed by atoms with E-state index < -0.39 is 10.0 Å². The van der Waals surface area contributed by atoms with E-state index in [0.717, 1.165) is 11.3 Å². The zero-order valence-corrected chi connectivity index (χ0v) is 15.5. The second-order valence-electron chi connectivity index (χ2n) is 6.24. The number of sulfonamides is 1. The van der Waals surface area contributed by atoms with Crippen LogP contribution in [0.2, 0.25) is 0 Å². The van der Waals surface area contributed by atoms with Crippen LogP contribution >= 0.6 is 11.3 Å². The molecule has 1 aromatic rings. The van der Waals surface area contributed by atoms with E-state index in [2.05, 4.69) is 33.0 Å². The van der Waals surface area contributed by atoms with Crippen molar-refractivity contribution in [2.24, 2.45) is 5.92 Å². The number of hydrogen-bond acceptors (Lipinski definition) is 4. The summed E-state index contributed by atoms with van der Waals surface area (Å²) in [6.45, 7) is 10.9. The van der Waals surface area contributed by atoms with Crippen LogP contribution in [0.5, 0.6) is 0 Å². The molecule has 0 amide bonds. The first-order valence-electron chi connectivity index (χ1n) is 7.44. The maximum atomic E-state index is 12.8. The van der Waals surface area contributed by atoms with Crippen molar-refractivity contribution >= 4 is 21.4 Å². The van der Waals surface area contributed by atoms with Gasteiger partial charge in [0.2, 0.25) is 10.0 Å². The van der Waals surface area contributed by atoms with Crippen LogP contribution in [-0.4, -0.2) is 31.9 Å².